The molecule has 0 aliphatic carbocycles. The second kappa shape index (κ2) is 8.13. The number of carbonyl (C=O) groups excluding carboxylic acids is 2. The Balaban J connectivity index is 0.00000225. The molecule has 2 heterocycles. The van der Waals surface area contributed by atoms with Crippen LogP contribution in [0.2, 0.25) is 0 Å². The van der Waals surface area contributed by atoms with Crippen LogP contribution >= 0.6 is 12.4 Å². The van der Waals surface area contributed by atoms with Crippen molar-refractivity contribution in [2.45, 2.75) is 4.90 Å². The predicted molar refractivity (Wildman–Crippen MR) is 92.2 cm³/mol. The SMILES string of the molecule is Cl.O=C(CN1C(=O)c2ccccc2S1(=O)=O)NCCN1CCOCC1. The van der Waals surface area contributed by atoms with Gasteiger partial charge >= 0.3 is 0 Å². The van der Waals surface area contributed by atoms with E-state index in [0.717, 1.165) is 13.1 Å². The fraction of sp³-hybridized carbons (Fsp3) is 0.467. The third kappa shape index (κ3) is 4.12. The number of nitrogens with one attached hydrogen (secondary N) is 1. The number of benzene rings is 1. The molecule has 1 fully saturated rings. The molecule has 3 rings (SSSR count). The van der Waals surface area contributed by atoms with Gasteiger partial charge in [0, 0.05) is 26.2 Å². The molecular formula is C15H20ClN3O5S. The molecule has 2 aliphatic rings. The van der Waals surface area contributed by atoms with Crippen LogP contribution in [0, 0.1) is 0 Å². The largest absolute Gasteiger partial charge is 0.379 e. The number of carbonyl (C=O) groups is 2. The summed E-state index contributed by atoms with van der Waals surface area (Å²) in [6, 6.07) is 5.97. The summed E-state index contributed by atoms with van der Waals surface area (Å²) in [5, 5.41) is 2.66. The Bertz CT molecular complexity index is 749. The highest BCUT2D eigenvalue weighted by atomic mass is 35.5. The molecule has 2 amide bonds. The lowest BCUT2D eigenvalue weighted by molar-refractivity contribution is -0.121. The maximum absolute atomic E-state index is 12.4. The summed E-state index contributed by atoms with van der Waals surface area (Å²) in [6.07, 6.45) is 0. The van der Waals surface area contributed by atoms with Gasteiger partial charge in [0.15, 0.2) is 0 Å². The van der Waals surface area contributed by atoms with Crippen LogP contribution in [-0.4, -0.2) is 75.4 Å². The minimum Gasteiger partial charge on any atom is -0.379 e. The lowest BCUT2D eigenvalue weighted by atomic mass is 10.2. The van der Waals surface area contributed by atoms with E-state index in [9.17, 15) is 18.0 Å². The smallest absolute Gasteiger partial charge is 0.269 e. The van der Waals surface area contributed by atoms with E-state index < -0.39 is 28.4 Å². The standard InChI is InChI=1S/C15H19N3O5S.ClH/c19-14(16-5-6-17-7-9-23-10-8-17)11-18-15(20)12-3-1-2-4-13(12)24(18,21)22;/h1-4H,5-11H2,(H,16,19);1H. The number of ether oxygens (including phenoxy) is 1. The quantitative estimate of drug-likeness (QED) is 0.743. The lowest BCUT2D eigenvalue weighted by Crippen LogP contribution is -2.44. The molecule has 0 bridgehead atoms. The van der Waals surface area contributed by atoms with Crippen LogP contribution in [0.1, 0.15) is 10.4 Å². The highest BCUT2D eigenvalue weighted by molar-refractivity contribution is 7.90. The Hall–Kier alpha value is -1.68. The van der Waals surface area contributed by atoms with Crippen molar-refractivity contribution in [3.05, 3.63) is 29.8 Å². The molecule has 138 valence electrons. The first-order valence-electron chi connectivity index (χ1n) is 7.73. The number of hydrogen-bond acceptors (Lipinski definition) is 6. The molecule has 0 aromatic heterocycles. The normalized spacial score (nSPS) is 19.2. The van der Waals surface area contributed by atoms with E-state index >= 15 is 0 Å². The highest BCUT2D eigenvalue weighted by Gasteiger charge is 2.41. The molecule has 1 aromatic carbocycles. The van der Waals surface area contributed by atoms with Gasteiger partial charge in [-0.2, -0.15) is 0 Å². The van der Waals surface area contributed by atoms with Gasteiger partial charge in [0.25, 0.3) is 15.9 Å². The highest BCUT2D eigenvalue weighted by Crippen LogP contribution is 2.29. The van der Waals surface area contributed by atoms with E-state index in [4.69, 9.17) is 4.74 Å². The Labute approximate surface area is 152 Å². The number of sulfonamides is 1. The average molecular weight is 390 g/mol. The van der Waals surface area contributed by atoms with E-state index in [1.807, 2.05) is 0 Å². The van der Waals surface area contributed by atoms with E-state index in [0.29, 0.717) is 30.6 Å². The van der Waals surface area contributed by atoms with Gasteiger partial charge in [0.1, 0.15) is 11.4 Å². The Morgan fingerprint density at radius 3 is 2.56 bits per heavy atom. The monoisotopic (exact) mass is 389 g/mol. The molecule has 25 heavy (non-hydrogen) atoms. The predicted octanol–water partition coefficient (Wildman–Crippen LogP) is -0.299. The maximum atomic E-state index is 12.4. The first-order valence-corrected chi connectivity index (χ1v) is 9.17. The van der Waals surface area contributed by atoms with Crippen molar-refractivity contribution in [1.29, 1.82) is 0 Å². The summed E-state index contributed by atoms with van der Waals surface area (Å²) < 4.78 is 30.6. The van der Waals surface area contributed by atoms with E-state index in [2.05, 4.69) is 10.2 Å². The van der Waals surface area contributed by atoms with Crippen LogP contribution in [0.5, 0.6) is 0 Å². The second-order valence-electron chi connectivity index (χ2n) is 5.62. The molecule has 1 aromatic rings. The van der Waals surface area contributed by atoms with Gasteiger partial charge in [-0.05, 0) is 12.1 Å². The summed E-state index contributed by atoms with van der Waals surface area (Å²) in [4.78, 5) is 26.3. The molecule has 0 unspecified atom stereocenters. The average Bonchev–Trinajstić information content (AvgIpc) is 2.77. The molecule has 1 saturated heterocycles. The third-order valence-electron chi connectivity index (χ3n) is 4.05. The van der Waals surface area contributed by atoms with Crippen molar-refractivity contribution in [2.24, 2.45) is 0 Å². The van der Waals surface area contributed by atoms with E-state index in [1.165, 1.54) is 12.1 Å². The van der Waals surface area contributed by atoms with Crippen LogP contribution in [0.4, 0.5) is 0 Å². The maximum Gasteiger partial charge on any atom is 0.269 e. The van der Waals surface area contributed by atoms with Crippen molar-refractivity contribution >= 4 is 34.2 Å². The summed E-state index contributed by atoms with van der Waals surface area (Å²) in [5.41, 5.74) is 0.110. The van der Waals surface area contributed by atoms with Crippen LogP contribution < -0.4 is 5.32 Å². The zero-order chi connectivity index (χ0) is 17.2. The summed E-state index contributed by atoms with van der Waals surface area (Å²) in [5.74, 6) is -1.15. The summed E-state index contributed by atoms with van der Waals surface area (Å²) in [6.45, 7) is 3.52. The number of amides is 2. The first kappa shape index (κ1) is 19.6. The molecule has 0 atom stereocenters. The van der Waals surface area contributed by atoms with Gasteiger partial charge in [-0.3, -0.25) is 14.5 Å². The van der Waals surface area contributed by atoms with Crippen LogP contribution in [0.15, 0.2) is 29.2 Å². The lowest BCUT2D eigenvalue weighted by Gasteiger charge is -2.26. The molecule has 0 saturated carbocycles. The molecule has 0 spiro atoms. The zero-order valence-electron chi connectivity index (χ0n) is 13.5. The number of rotatable bonds is 5. The minimum atomic E-state index is -3.94. The summed E-state index contributed by atoms with van der Waals surface area (Å²) >= 11 is 0. The van der Waals surface area contributed by atoms with Crippen LogP contribution in [0.25, 0.3) is 0 Å². The van der Waals surface area contributed by atoms with Gasteiger partial charge in [0.2, 0.25) is 5.91 Å². The van der Waals surface area contributed by atoms with Crippen molar-refractivity contribution in [2.75, 3.05) is 45.9 Å². The molecule has 0 radical (unpaired) electrons. The van der Waals surface area contributed by atoms with Gasteiger partial charge in [-0.25, -0.2) is 12.7 Å². The summed E-state index contributed by atoms with van der Waals surface area (Å²) in [7, 11) is -3.94. The van der Waals surface area contributed by atoms with Crippen molar-refractivity contribution in [3.8, 4) is 0 Å². The van der Waals surface area contributed by atoms with Gasteiger partial charge in [-0.15, -0.1) is 12.4 Å². The first-order chi connectivity index (χ1) is 11.5. The Kier molecular flexibility index (Phi) is 6.39. The molecular weight excluding hydrogens is 370 g/mol. The van der Waals surface area contributed by atoms with Crippen molar-refractivity contribution in [3.63, 3.8) is 0 Å². The second-order valence-corrected chi connectivity index (χ2v) is 7.45. The Morgan fingerprint density at radius 2 is 1.88 bits per heavy atom. The third-order valence-corrected chi connectivity index (χ3v) is 5.84. The molecule has 1 N–H and O–H groups in total. The Morgan fingerprint density at radius 1 is 1.20 bits per heavy atom. The van der Waals surface area contributed by atoms with Crippen molar-refractivity contribution < 1.29 is 22.7 Å². The minimum absolute atomic E-state index is 0. The molecule has 10 heteroatoms. The van der Waals surface area contributed by atoms with E-state index in [-0.39, 0.29) is 22.9 Å². The fourth-order valence-corrected chi connectivity index (χ4v) is 4.28. The van der Waals surface area contributed by atoms with Gasteiger partial charge in [0.05, 0.1) is 18.8 Å². The zero-order valence-corrected chi connectivity index (χ0v) is 15.1. The fourth-order valence-electron chi connectivity index (χ4n) is 2.75. The molecule has 8 nitrogen and oxygen atoms in total. The van der Waals surface area contributed by atoms with E-state index in [1.54, 1.807) is 12.1 Å². The van der Waals surface area contributed by atoms with Crippen molar-refractivity contribution in [1.82, 2.24) is 14.5 Å². The number of halogens is 1. The number of morpholine rings is 1. The van der Waals surface area contributed by atoms with Gasteiger partial charge in [-0.1, -0.05) is 12.1 Å². The molecule has 2 aliphatic heterocycles. The number of fused-ring (bicyclic) bond motifs is 1. The number of hydrogen-bond donors (Lipinski definition) is 1. The van der Waals surface area contributed by atoms with Crippen LogP contribution in [-0.2, 0) is 19.6 Å². The number of nitrogens with zero attached hydrogens (tertiary/aromatic N) is 2. The van der Waals surface area contributed by atoms with Crippen LogP contribution in [0.3, 0.4) is 0 Å². The topological polar surface area (TPSA) is 96.0 Å². The van der Waals surface area contributed by atoms with Gasteiger partial charge < -0.3 is 10.1 Å².